The van der Waals surface area contributed by atoms with E-state index in [1.54, 1.807) is 0 Å². The summed E-state index contributed by atoms with van der Waals surface area (Å²) in [5.41, 5.74) is 0. The molecule has 19 heteroatoms. The molecule has 560 valence electrons. The molecule has 95 heavy (non-hydrogen) atoms. The number of phosphoric acid groups is 2. The average molecular weight is 1390 g/mol. The fraction of sp³-hybridized carbons (Fsp3) is 0.895. The maximum absolute atomic E-state index is 13.1. The molecule has 0 saturated heterocycles. The van der Waals surface area contributed by atoms with E-state index >= 15 is 0 Å². The van der Waals surface area contributed by atoms with Crippen LogP contribution in [0.2, 0.25) is 0 Å². The van der Waals surface area contributed by atoms with Gasteiger partial charge < -0.3 is 33.8 Å². The summed E-state index contributed by atoms with van der Waals surface area (Å²) in [7, 11) is -9.92. The Kier molecular flexibility index (Phi) is 66.9. The Bertz CT molecular complexity index is 1920. The first-order valence-corrected chi connectivity index (χ1v) is 41.9. The predicted molar refractivity (Wildman–Crippen MR) is 386 cm³/mol. The van der Waals surface area contributed by atoms with Crippen LogP contribution in [0.25, 0.3) is 0 Å². The van der Waals surface area contributed by atoms with Crippen LogP contribution in [-0.2, 0) is 65.4 Å². The highest BCUT2D eigenvalue weighted by Crippen LogP contribution is 2.45. The molecule has 0 fully saturated rings. The molecule has 0 aliphatic heterocycles. The number of hydrogen-bond acceptors (Lipinski definition) is 15. The molecule has 2 unspecified atom stereocenters. The third-order valence-corrected chi connectivity index (χ3v) is 19.1. The van der Waals surface area contributed by atoms with Gasteiger partial charge in [-0.1, -0.05) is 322 Å². The second-order valence-electron chi connectivity index (χ2n) is 27.2. The molecule has 0 amide bonds. The quantitative estimate of drug-likeness (QED) is 0.0169. The van der Waals surface area contributed by atoms with Gasteiger partial charge in [0.1, 0.15) is 19.3 Å². The van der Waals surface area contributed by atoms with Gasteiger partial charge in [-0.3, -0.25) is 37.3 Å². The highest BCUT2D eigenvalue weighted by molar-refractivity contribution is 7.47. The molecular formula is C76H144O17P2. The summed E-state index contributed by atoms with van der Waals surface area (Å²) in [6.45, 7) is 7.21. The average Bonchev–Trinajstić information content (AvgIpc) is 2.04. The Hall–Kier alpha value is -2.46. The standard InChI is InChI=1S/C76H144O17P2/c1-6-9-12-15-18-21-24-27-29-31-33-36-41-46-51-56-61-75(80)92-71(65-87-74(79)60-55-50-45-40-35-32-30-28-25-22-19-16-13-10-7-2)67-90-94(82,83)88-63-70(77)64-89-95(84,85)91-68-72(93-76(81)62-57-52-47-42-37-38-43-48-53-58-69(4)5)66-86-73(78)59-54-49-44-39-34-26-23-20-17-14-11-8-3/h22,25,28,30,69-72,77H,6-21,23-24,26-27,29,31-68H2,1-5H3,(H,82,83)(H,84,85)/b25-22-,30-28-/t70-,71-,72-/m1/s1. The van der Waals surface area contributed by atoms with Crippen LogP contribution >= 0.6 is 15.6 Å². The van der Waals surface area contributed by atoms with E-state index in [4.69, 9.17) is 37.0 Å². The summed E-state index contributed by atoms with van der Waals surface area (Å²) in [6, 6.07) is 0. The number of hydrogen-bond donors (Lipinski definition) is 3. The molecule has 0 aliphatic carbocycles. The zero-order valence-corrected chi connectivity index (χ0v) is 63.1. The molecule has 0 aromatic heterocycles. The van der Waals surface area contributed by atoms with Crippen LogP contribution in [0.5, 0.6) is 0 Å². The molecule has 5 atom stereocenters. The second-order valence-corrected chi connectivity index (χ2v) is 30.1. The molecule has 0 heterocycles. The minimum absolute atomic E-state index is 0.102. The summed E-state index contributed by atoms with van der Waals surface area (Å²) >= 11 is 0. The van der Waals surface area contributed by atoms with Crippen molar-refractivity contribution in [3.05, 3.63) is 24.3 Å². The second kappa shape index (κ2) is 68.7. The summed E-state index contributed by atoms with van der Waals surface area (Å²) in [4.78, 5) is 72.8. The SMILES string of the molecule is CCCCCC/C=C\C=C/CCCCCCCC(=O)OC[C@H](COP(=O)(O)OC[C@@H](O)COP(=O)(O)OC[C@@H](COC(=O)CCCCCCCCCCCCCC)OC(=O)CCCCCCCCCCCC(C)C)OC(=O)CCCCCCCCCCCCCCCCCC. The van der Waals surface area contributed by atoms with Gasteiger partial charge >= 0.3 is 39.5 Å². The maximum atomic E-state index is 13.1. The molecule has 3 N–H and O–H groups in total. The van der Waals surface area contributed by atoms with Gasteiger partial charge in [-0.2, -0.15) is 0 Å². The lowest BCUT2D eigenvalue weighted by atomic mass is 10.0. The highest BCUT2D eigenvalue weighted by atomic mass is 31.2. The van der Waals surface area contributed by atoms with Gasteiger partial charge in [0.2, 0.25) is 0 Å². The Morgan fingerprint density at radius 3 is 0.863 bits per heavy atom. The smallest absolute Gasteiger partial charge is 0.462 e. The van der Waals surface area contributed by atoms with E-state index in [1.807, 2.05) is 0 Å². The van der Waals surface area contributed by atoms with E-state index < -0.39 is 97.5 Å². The van der Waals surface area contributed by atoms with Crippen molar-refractivity contribution in [2.24, 2.45) is 5.92 Å². The number of aliphatic hydroxyl groups excluding tert-OH is 1. The van der Waals surface area contributed by atoms with E-state index in [0.29, 0.717) is 25.7 Å². The summed E-state index contributed by atoms with van der Waals surface area (Å²) in [5.74, 6) is -1.41. The highest BCUT2D eigenvalue weighted by Gasteiger charge is 2.30. The third-order valence-electron chi connectivity index (χ3n) is 17.2. The van der Waals surface area contributed by atoms with Crippen LogP contribution in [-0.4, -0.2) is 96.7 Å². The summed E-state index contributed by atoms with van der Waals surface area (Å²) in [6.07, 6.45) is 60.3. The molecule has 0 aromatic carbocycles. The number of ether oxygens (including phenoxy) is 4. The normalized spacial score (nSPS) is 14.1. The van der Waals surface area contributed by atoms with Crippen LogP contribution in [0.15, 0.2) is 24.3 Å². The van der Waals surface area contributed by atoms with Crippen molar-refractivity contribution < 1.29 is 80.2 Å². The van der Waals surface area contributed by atoms with Crippen LogP contribution in [0, 0.1) is 5.92 Å². The van der Waals surface area contributed by atoms with Crippen LogP contribution in [0.4, 0.5) is 0 Å². The lowest BCUT2D eigenvalue weighted by molar-refractivity contribution is -0.161. The first-order chi connectivity index (χ1) is 46.0. The fourth-order valence-corrected chi connectivity index (χ4v) is 12.7. The first kappa shape index (κ1) is 92.5. The predicted octanol–water partition coefficient (Wildman–Crippen LogP) is 22.0. The minimum atomic E-state index is -4.96. The van der Waals surface area contributed by atoms with Crippen molar-refractivity contribution in [3.8, 4) is 0 Å². The largest absolute Gasteiger partial charge is 0.472 e. The van der Waals surface area contributed by atoms with Crippen molar-refractivity contribution in [1.82, 2.24) is 0 Å². The van der Waals surface area contributed by atoms with Crippen molar-refractivity contribution in [2.45, 2.75) is 393 Å². The van der Waals surface area contributed by atoms with E-state index in [0.717, 1.165) is 115 Å². The lowest BCUT2D eigenvalue weighted by Crippen LogP contribution is -2.30. The van der Waals surface area contributed by atoms with Gasteiger partial charge in [0, 0.05) is 25.7 Å². The Morgan fingerprint density at radius 1 is 0.326 bits per heavy atom. The van der Waals surface area contributed by atoms with E-state index in [9.17, 15) is 43.2 Å². The van der Waals surface area contributed by atoms with E-state index in [1.165, 1.54) is 180 Å². The zero-order chi connectivity index (χ0) is 69.8. The molecule has 17 nitrogen and oxygen atoms in total. The Balaban J connectivity index is 5.29. The molecule has 0 bridgehead atoms. The van der Waals surface area contributed by atoms with E-state index in [2.05, 4.69) is 58.9 Å². The number of esters is 4. The molecule has 0 aliphatic rings. The molecular weight excluding hydrogens is 1250 g/mol. The van der Waals surface area contributed by atoms with Gasteiger partial charge in [-0.15, -0.1) is 0 Å². The number of carbonyl (C=O) groups is 4. The molecule has 0 saturated carbocycles. The van der Waals surface area contributed by atoms with E-state index in [-0.39, 0.29) is 25.7 Å². The fourth-order valence-electron chi connectivity index (χ4n) is 11.2. The van der Waals surface area contributed by atoms with Crippen molar-refractivity contribution in [1.29, 1.82) is 0 Å². The molecule has 0 aromatic rings. The number of carbonyl (C=O) groups excluding carboxylic acids is 4. The van der Waals surface area contributed by atoms with Crippen molar-refractivity contribution in [3.63, 3.8) is 0 Å². The zero-order valence-electron chi connectivity index (χ0n) is 61.3. The lowest BCUT2D eigenvalue weighted by Gasteiger charge is -2.21. The number of unbranched alkanes of at least 4 members (excludes halogenated alkanes) is 43. The van der Waals surface area contributed by atoms with Crippen LogP contribution < -0.4 is 0 Å². The summed E-state index contributed by atoms with van der Waals surface area (Å²) < 4.78 is 68.5. The van der Waals surface area contributed by atoms with Gasteiger partial charge in [0.05, 0.1) is 26.4 Å². The Morgan fingerprint density at radius 2 is 0.568 bits per heavy atom. The number of phosphoric ester groups is 2. The maximum Gasteiger partial charge on any atom is 0.472 e. The topological polar surface area (TPSA) is 237 Å². The molecule has 0 spiro atoms. The van der Waals surface area contributed by atoms with Crippen molar-refractivity contribution >= 4 is 39.5 Å². The molecule has 0 rings (SSSR count). The molecule has 0 radical (unpaired) electrons. The number of aliphatic hydroxyl groups is 1. The van der Waals surface area contributed by atoms with Gasteiger partial charge in [0.25, 0.3) is 0 Å². The van der Waals surface area contributed by atoms with Crippen molar-refractivity contribution in [2.75, 3.05) is 39.6 Å². The van der Waals surface area contributed by atoms with Crippen LogP contribution in [0.1, 0.15) is 375 Å². The van der Waals surface area contributed by atoms with Gasteiger partial charge in [-0.25, -0.2) is 9.13 Å². The summed E-state index contributed by atoms with van der Waals surface area (Å²) in [5, 5.41) is 10.6. The number of allylic oxidation sites excluding steroid dienone is 4. The van der Waals surface area contributed by atoms with Gasteiger partial charge in [0.15, 0.2) is 12.2 Å². The van der Waals surface area contributed by atoms with Crippen LogP contribution in [0.3, 0.4) is 0 Å². The minimum Gasteiger partial charge on any atom is -0.462 e. The third kappa shape index (κ3) is 69.8. The van der Waals surface area contributed by atoms with Gasteiger partial charge in [-0.05, 0) is 57.3 Å². The Labute approximate surface area is 580 Å². The number of rotatable bonds is 74. The first-order valence-electron chi connectivity index (χ1n) is 39.0. The monoisotopic (exact) mass is 1390 g/mol.